The van der Waals surface area contributed by atoms with Crippen LogP contribution in [0.5, 0.6) is 5.75 Å². The van der Waals surface area contributed by atoms with Crippen LogP contribution in [0.1, 0.15) is 12.8 Å². The number of nitrogens with zero attached hydrogens (tertiary/aromatic N) is 3. The van der Waals surface area contributed by atoms with Gasteiger partial charge in [-0.25, -0.2) is 4.98 Å². The highest BCUT2D eigenvalue weighted by molar-refractivity contribution is 5.85. The van der Waals surface area contributed by atoms with Crippen LogP contribution in [0.3, 0.4) is 0 Å². The summed E-state index contributed by atoms with van der Waals surface area (Å²) in [6.07, 6.45) is 4.29. The Bertz CT molecular complexity index is 774. The third kappa shape index (κ3) is 2.06. The molecular formula is C16H19N3O3. The SMILES string of the molecule is COc1cc(N2CC3CCC(C2)O3)cc2ncc(=O)n(C)c12. The van der Waals surface area contributed by atoms with E-state index in [4.69, 9.17) is 9.47 Å². The van der Waals surface area contributed by atoms with E-state index < -0.39 is 0 Å². The molecule has 4 rings (SSSR count). The summed E-state index contributed by atoms with van der Waals surface area (Å²) in [5, 5.41) is 0. The number of anilines is 1. The summed E-state index contributed by atoms with van der Waals surface area (Å²) >= 11 is 0. The van der Waals surface area contributed by atoms with Gasteiger partial charge in [-0.1, -0.05) is 0 Å². The van der Waals surface area contributed by atoms with Crippen LogP contribution in [0.4, 0.5) is 5.69 Å². The van der Waals surface area contributed by atoms with Crippen LogP contribution in [0, 0.1) is 0 Å². The molecule has 2 aromatic rings. The fourth-order valence-corrected chi connectivity index (χ4v) is 3.50. The number of aromatic nitrogens is 2. The van der Waals surface area contributed by atoms with E-state index in [0.29, 0.717) is 18.0 Å². The molecule has 2 bridgehead atoms. The molecule has 6 nitrogen and oxygen atoms in total. The molecule has 0 spiro atoms. The van der Waals surface area contributed by atoms with Gasteiger partial charge in [0.2, 0.25) is 0 Å². The van der Waals surface area contributed by atoms with Crippen LogP contribution in [0.25, 0.3) is 11.0 Å². The summed E-state index contributed by atoms with van der Waals surface area (Å²) in [6.45, 7) is 1.80. The zero-order valence-electron chi connectivity index (χ0n) is 12.8. The average Bonchev–Trinajstić information content (AvgIpc) is 2.88. The Balaban J connectivity index is 1.82. The molecule has 0 saturated carbocycles. The number of benzene rings is 1. The van der Waals surface area contributed by atoms with Crippen molar-refractivity contribution in [3.63, 3.8) is 0 Å². The molecule has 0 N–H and O–H groups in total. The first-order valence-corrected chi connectivity index (χ1v) is 7.60. The van der Waals surface area contributed by atoms with Gasteiger partial charge in [0.05, 0.1) is 31.0 Å². The van der Waals surface area contributed by atoms with Gasteiger partial charge in [0, 0.05) is 31.9 Å². The van der Waals surface area contributed by atoms with Crippen molar-refractivity contribution in [3.05, 3.63) is 28.7 Å². The van der Waals surface area contributed by atoms with Crippen molar-refractivity contribution in [3.8, 4) is 5.75 Å². The number of morpholine rings is 1. The Labute approximate surface area is 128 Å². The monoisotopic (exact) mass is 301 g/mol. The van der Waals surface area contributed by atoms with Crippen LogP contribution < -0.4 is 15.2 Å². The Kier molecular flexibility index (Phi) is 3.07. The van der Waals surface area contributed by atoms with Gasteiger partial charge in [-0.15, -0.1) is 0 Å². The topological polar surface area (TPSA) is 56.6 Å². The lowest BCUT2D eigenvalue weighted by atomic mass is 10.2. The first-order chi connectivity index (χ1) is 10.7. The van der Waals surface area contributed by atoms with Crippen molar-refractivity contribution in [1.29, 1.82) is 0 Å². The molecular weight excluding hydrogens is 282 g/mol. The highest BCUT2D eigenvalue weighted by Crippen LogP contribution is 2.34. The second-order valence-corrected chi connectivity index (χ2v) is 6.03. The number of rotatable bonds is 2. The van der Waals surface area contributed by atoms with Gasteiger partial charge in [0.25, 0.3) is 5.56 Å². The largest absolute Gasteiger partial charge is 0.494 e. The minimum absolute atomic E-state index is 0.136. The molecule has 2 aliphatic heterocycles. The maximum Gasteiger partial charge on any atom is 0.269 e. The smallest absolute Gasteiger partial charge is 0.269 e. The van der Waals surface area contributed by atoms with E-state index in [1.165, 1.54) is 6.20 Å². The lowest BCUT2D eigenvalue weighted by molar-refractivity contribution is 0.0305. The Morgan fingerprint density at radius 2 is 2.00 bits per heavy atom. The first kappa shape index (κ1) is 13.6. The number of aryl methyl sites for hydroxylation is 1. The molecule has 1 aromatic heterocycles. The van der Waals surface area contributed by atoms with E-state index in [1.807, 2.05) is 12.1 Å². The average molecular weight is 301 g/mol. The van der Waals surface area contributed by atoms with Gasteiger partial charge in [0.15, 0.2) is 0 Å². The Morgan fingerprint density at radius 1 is 1.27 bits per heavy atom. The molecule has 0 radical (unpaired) electrons. The first-order valence-electron chi connectivity index (χ1n) is 7.60. The standard InChI is InChI=1S/C16H19N3O3/c1-18-15(20)7-17-13-5-10(6-14(21-2)16(13)18)19-8-11-3-4-12(9-19)22-11/h5-7,11-12H,3-4,8-9H2,1-2H3. The normalized spacial score (nSPS) is 24.0. The van der Waals surface area contributed by atoms with E-state index in [0.717, 1.165) is 42.7 Å². The van der Waals surface area contributed by atoms with Crippen molar-refractivity contribution >= 4 is 16.7 Å². The van der Waals surface area contributed by atoms with Crippen LogP contribution in [-0.4, -0.2) is 42.0 Å². The molecule has 116 valence electrons. The van der Waals surface area contributed by atoms with E-state index in [1.54, 1.807) is 18.7 Å². The molecule has 2 saturated heterocycles. The lowest BCUT2D eigenvalue weighted by Crippen LogP contribution is -2.42. The van der Waals surface area contributed by atoms with Crippen molar-refractivity contribution in [1.82, 2.24) is 9.55 Å². The van der Waals surface area contributed by atoms with Gasteiger partial charge in [0.1, 0.15) is 11.3 Å². The molecule has 1 aromatic carbocycles. The molecule has 22 heavy (non-hydrogen) atoms. The van der Waals surface area contributed by atoms with E-state index in [-0.39, 0.29) is 5.56 Å². The summed E-state index contributed by atoms with van der Waals surface area (Å²) in [5.74, 6) is 0.680. The zero-order valence-corrected chi connectivity index (χ0v) is 12.8. The number of ether oxygens (including phenoxy) is 2. The van der Waals surface area contributed by atoms with Gasteiger partial charge < -0.3 is 18.9 Å². The molecule has 0 amide bonds. The maximum atomic E-state index is 11.8. The Hall–Kier alpha value is -2.08. The summed E-state index contributed by atoms with van der Waals surface area (Å²) in [4.78, 5) is 18.4. The van der Waals surface area contributed by atoms with E-state index in [9.17, 15) is 4.79 Å². The summed E-state index contributed by atoms with van der Waals surface area (Å²) in [7, 11) is 3.36. The minimum atomic E-state index is -0.136. The second-order valence-electron chi connectivity index (χ2n) is 6.03. The third-order valence-corrected chi connectivity index (χ3v) is 4.65. The van der Waals surface area contributed by atoms with Crippen molar-refractivity contribution in [2.24, 2.45) is 7.05 Å². The molecule has 3 heterocycles. The molecule has 2 fully saturated rings. The fraction of sp³-hybridized carbons (Fsp3) is 0.500. The molecule has 2 aliphatic rings. The highest BCUT2D eigenvalue weighted by Gasteiger charge is 2.34. The number of methoxy groups -OCH3 is 1. The molecule has 6 heteroatoms. The van der Waals surface area contributed by atoms with Crippen molar-refractivity contribution < 1.29 is 9.47 Å². The predicted molar refractivity (Wildman–Crippen MR) is 83.6 cm³/mol. The zero-order chi connectivity index (χ0) is 15.3. The summed E-state index contributed by atoms with van der Waals surface area (Å²) in [6, 6.07) is 4.02. The summed E-state index contributed by atoms with van der Waals surface area (Å²) in [5.41, 5.74) is 2.45. The van der Waals surface area contributed by atoms with Crippen LogP contribution in [0.2, 0.25) is 0 Å². The Morgan fingerprint density at radius 3 is 2.68 bits per heavy atom. The van der Waals surface area contributed by atoms with Crippen molar-refractivity contribution in [2.45, 2.75) is 25.0 Å². The van der Waals surface area contributed by atoms with Gasteiger partial charge in [-0.05, 0) is 18.9 Å². The van der Waals surface area contributed by atoms with Crippen LogP contribution in [-0.2, 0) is 11.8 Å². The maximum absolute atomic E-state index is 11.8. The van der Waals surface area contributed by atoms with Crippen molar-refractivity contribution in [2.75, 3.05) is 25.1 Å². The molecule has 0 aliphatic carbocycles. The molecule has 2 unspecified atom stereocenters. The van der Waals surface area contributed by atoms with Gasteiger partial charge >= 0.3 is 0 Å². The number of hydrogen-bond donors (Lipinski definition) is 0. The van der Waals surface area contributed by atoms with E-state index >= 15 is 0 Å². The van der Waals surface area contributed by atoms with Crippen LogP contribution >= 0.6 is 0 Å². The lowest BCUT2D eigenvalue weighted by Gasteiger charge is -2.34. The van der Waals surface area contributed by atoms with Gasteiger partial charge in [-0.2, -0.15) is 0 Å². The van der Waals surface area contributed by atoms with Crippen LogP contribution in [0.15, 0.2) is 23.1 Å². The quantitative estimate of drug-likeness (QED) is 0.837. The minimum Gasteiger partial charge on any atom is -0.494 e. The fourth-order valence-electron chi connectivity index (χ4n) is 3.50. The number of hydrogen-bond acceptors (Lipinski definition) is 5. The summed E-state index contributed by atoms with van der Waals surface area (Å²) < 4.78 is 13.0. The second kappa shape index (κ2) is 4.98. The van der Waals surface area contributed by atoms with E-state index in [2.05, 4.69) is 9.88 Å². The third-order valence-electron chi connectivity index (χ3n) is 4.65. The van der Waals surface area contributed by atoms with Gasteiger partial charge in [-0.3, -0.25) is 4.79 Å². The predicted octanol–water partition coefficient (Wildman–Crippen LogP) is 1.31. The number of fused-ring (bicyclic) bond motifs is 3. The molecule has 2 atom stereocenters. The highest BCUT2D eigenvalue weighted by atomic mass is 16.5.